The van der Waals surface area contributed by atoms with Crippen LogP contribution in [0.25, 0.3) is 0 Å². The van der Waals surface area contributed by atoms with E-state index in [4.69, 9.17) is 10.8 Å². The van der Waals surface area contributed by atoms with Gasteiger partial charge in [0.25, 0.3) is 0 Å². The molecule has 1 fully saturated rings. The Balaban J connectivity index is 0.000000640. The molecule has 0 saturated heterocycles. The molecule has 0 aromatic heterocycles. The van der Waals surface area contributed by atoms with Crippen LogP contribution in [0.2, 0.25) is 0 Å². The molecule has 3 heteroatoms. The predicted molar refractivity (Wildman–Crippen MR) is 39.6 cm³/mol. The summed E-state index contributed by atoms with van der Waals surface area (Å²) in [5, 5.41) is 8.81. The van der Waals surface area contributed by atoms with Gasteiger partial charge in [-0.25, -0.2) is 0 Å². The van der Waals surface area contributed by atoms with E-state index >= 15 is 0 Å². The number of halogens is 1. The Morgan fingerprint density at radius 1 is 1.56 bits per heavy atom. The van der Waals surface area contributed by atoms with E-state index in [0.29, 0.717) is 5.92 Å². The van der Waals surface area contributed by atoms with Gasteiger partial charge in [-0.1, -0.05) is 0 Å². The van der Waals surface area contributed by atoms with Gasteiger partial charge in [-0.15, -0.1) is 12.4 Å². The molecule has 0 aromatic rings. The van der Waals surface area contributed by atoms with Crippen LogP contribution < -0.4 is 5.73 Å². The third kappa shape index (κ3) is 2.12. The average Bonchev–Trinajstić information content (AvgIpc) is 1.57. The van der Waals surface area contributed by atoms with Crippen molar-refractivity contribution in [3.63, 3.8) is 0 Å². The Hall–Kier alpha value is 0.210. The summed E-state index contributed by atoms with van der Waals surface area (Å²) in [4.78, 5) is 0. The van der Waals surface area contributed by atoms with Crippen molar-refractivity contribution in [2.45, 2.75) is 31.9 Å². The second-order valence-electron chi connectivity index (χ2n) is 2.74. The lowest BCUT2D eigenvalue weighted by molar-refractivity contribution is 0.0337. The van der Waals surface area contributed by atoms with Crippen molar-refractivity contribution in [1.29, 1.82) is 0 Å². The summed E-state index contributed by atoms with van der Waals surface area (Å²) in [7, 11) is 0. The van der Waals surface area contributed by atoms with E-state index in [-0.39, 0.29) is 24.6 Å². The van der Waals surface area contributed by atoms with Crippen LogP contribution in [0.4, 0.5) is 0 Å². The number of rotatable bonds is 1. The van der Waals surface area contributed by atoms with Crippen LogP contribution in [-0.4, -0.2) is 17.3 Å². The third-order valence-electron chi connectivity index (χ3n) is 1.89. The first-order valence-electron chi connectivity index (χ1n) is 3.14. The Bertz CT molecular complexity index is 81.1. The van der Waals surface area contributed by atoms with Crippen LogP contribution in [0.3, 0.4) is 0 Å². The minimum absolute atomic E-state index is 0. The fourth-order valence-electron chi connectivity index (χ4n) is 1.06. The van der Waals surface area contributed by atoms with Crippen molar-refractivity contribution < 1.29 is 5.11 Å². The van der Waals surface area contributed by atoms with Gasteiger partial charge in [0.2, 0.25) is 0 Å². The first kappa shape index (κ1) is 9.21. The van der Waals surface area contributed by atoms with Crippen LogP contribution in [-0.2, 0) is 0 Å². The van der Waals surface area contributed by atoms with Crippen molar-refractivity contribution in [2.75, 3.05) is 0 Å². The first-order valence-corrected chi connectivity index (χ1v) is 3.14. The van der Waals surface area contributed by atoms with Crippen LogP contribution >= 0.6 is 12.4 Å². The van der Waals surface area contributed by atoms with Gasteiger partial charge in [-0.05, 0) is 25.7 Å². The molecule has 1 atom stereocenters. The van der Waals surface area contributed by atoms with E-state index in [9.17, 15) is 0 Å². The molecular formula is C6H14ClNO. The molecule has 1 aliphatic rings. The Morgan fingerprint density at radius 3 is 2.11 bits per heavy atom. The minimum Gasteiger partial charge on any atom is -0.393 e. The monoisotopic (exact) mass is 151 g/mol. The van der Waals surface area contributed by atoms with Crippen LogP contribution in [0.5, 0.6) is 0 Å². The highest BCUT2D eigenvalue weighted by Crippen LogP contribution is 2.28. The van der Waals surface area contributed by atoms with Gasteiger partial charge < -0.3 is 10.8 Å². The summed E-state index contributed by atoms with van der Waals surface area (Å²) in [6, 6.07) is 0.276. The molecule has 1 unspecified atom stereocenters. The van der Waals surface area contributed by atoms with Gasteiger partial charge in [0.05, 0.1) is 6.10 Å². The van der Waals surface area contributed by atoms with Gasteiger partial charge >= 0.3 is 0 Å². The molecule has 1 rings (SSSR count). The Labute approximate surface area is 61.8 Å². The maximum atomic E-state index is 8.81. The van der Waals surface area contributed by atoms with Crippen molar-refractivity contribution in [2.24, 2.45) is 11.7 Å². The van der Waals surface area contributed by atoms with Crippen molar-refractivity contribution in [3.05, 3.63) is 0 Å². The highest BCUT2D eigenvalue weighted by atomic mass is 35.5. The fraction of sp³-hybridized carbons (Fsp3) is 1.00. The number of nitrogens with two attached hydrogens (primary N) is 1. The lowest BCUT2D eigenvalue weighted by atomic mass is 9.78. The Morgan fingerprint density at radius 2 is 2.00 bits per heavy atom. The summed E-state index contributed by atoms with van der Waals surface area (Å²) >= 11 is 0. The van der Waals surface area contributed by atoms with Gasteiger partial charge in [0.15, 0.2) is 0 Å². The molecule has 9 heavy (non-hydrogen) atoms. The first-order chi connectivity index (χ1) is 3.70. The molecule has 1 aliphatic carbocycles. The van der Waals surface area contributed by atoms with Gasteiger partial charge in [0.1, 0.15) is 0 Å². The molecule has 0 heterocycles. The second kappa shape index (κ2) is 3.40. The molecule has 0 radical (unpaired) electrons. The zero-order valence-electron chi connectivity index (χ0n) is 5.58. The average molecular weight is 152 g/mol. The number of hydrogen-bond acceptors (Lipinski definition) is 2. The van der Waals surface area contributed by atoms with Crippen LogP contribution in [0, 0.1) is 5.92 Å². The van der Waals surface area contributed by atoms with Gasteiger partial charge in [-0.2, -0.15) is 0 Å². The standard InChI is InChI=1S/C6H13NO.ClH/c1-4(7)5-2-6(8)3-5;/h4-6,8H,2-3,7H2,1H3;1H/t4?,5-,6+;. The second-order valence-corrected chi connectivity index (χ2v) is 2.74. The molecule has 56 valence electrons. The summed E-state index contributed by atoms with van der Waals surface area (Å²) in [5.74, 6) is 0.588. The topological polar surface area (TPSA) is 46.2 Å². The predicted octanol–water partition coefficient (Wildman–Crippen LogP) is 0.526. The van der Waals surface area contributed by atoms with Crippen LogP contribution in [0.15, 0.2) is 0 Å². The summed E-state index contributed by atoms with van der Waals surface area (Å²) in [6.07, 6.45) is 1.78. The molecule has 0 aromatic carbocycles. The lowest BCUT2D eigenvalue weighted by Crippen LogP contribution is -2.39. The SMILES string of the molecule is CC(N)[C@H]1C[C@@H](O)C1.Cl. The molecule has 2 nitrogen and oxygen atoms in total. The maximum absolute atomic E-state index is 8.81. The fourth-order valence-corrected chi connectivity index (χ4v) is 1.06. The highest BCUT2D eigenvalue weighted by molar-refractivity contribution is 5.85. The van der Waals surface area contributed by atoms with E-state index in [1.165, 1.54) is 0 Å². The number of aliphatic hydroxyl groups excluding tert-OH is 1. The molecule has 1 saturated carbocycles. The van der Waals surface area contributed by atoms with E-state index in [1.807, 2.05) is 6.92 Å². The molecule has 0 spiro atoms. The summed E-state index contributed by atoms with van der Waals surface area (Å²) in [6.45, 7) is 2.00. The molecule has 3 N–H and O–H groups in total. The van der Waals surface area contributed by atoms with Gasteiger partial charge in [0, 0.05) is 6.04 Å². The summed E-state index contributed by atoms with van der Waals surface area (Å²) in [5.41, 5.74) is 5.55. The van der Waals surface area contributed by atoms with Crippen LogP contribution in [0.1, 0.15) is 19.8 Å². The smallest absolute Gasteiger partial charge is 0.0546 e. The normalized spacial score (nSPS) is 36.3. The van der Waals surface area contributed by atoms with E-state index < -0.39 is 0 Å². The van der Waals surface area contributed by atoms with Crippen molar-refractivity contribution in [1.82, 2.24) is 0 Å². The minimum atomic E-state index is -0.0500. The third-order valence-corrected chi connectivity index (χ3v) is 1.89. The number of hydrogen-bond donors (Lipinski definition) is 2. The zero-order chi connectivity index (χ0) is 6.15. The van der Waals surface area contributed by atoms with E-state index in [0.717, 1.165) is 12.8 Å². The molecule has 0 aliphatic heterocycles. The lowest BCUT2D eigenvalue weighted by Gasteiger charge is -2.33. The largest absolute Gasteiger partial charge is 0.393 e. The maximum Gasteiger partial charge on any atom is 0.0546 e. The van der Waals surface area contributed by atoms with E-state index in [1.54, 1.807) is 0 Å². The molecule has 0 amide bonds. The van der Waals surface area contributed by atoms with Crippen molar-refractivity contribution in [3.8, 4) is 0 Å². The molecule has 0 bridgehead atoms. The quantitative estimate of drug-likeness (QED) is 0.574. The molecular weight excluding hydrogens is 138 g/mol. The highest BCUT2D eigenvalue weighted by Gasteiger charge is 2.29. The zero-order valence-corrected chi connectivity index (χ0v) is 6.40. The van der Waals surface area contributed by atoms with Gasteiger partial charge in [-0.3, -0.25) is 0 Å². The summed E-state index contributed by atoms with van der Waals surface area (Å²) < 4.78 is 0. The van der Waals surface area contributed by atoms with Crippen molar-refractivity contribution >= 4 is 12.4 Å². The number of aliphatic hydroxyl groups is 1. The Kier molecular flexibility index (Phi) is 3.48. The van der Waals surface area contributed by atoms with E-state index in [2.05, 4.69) is 0 Å².